The standard InChI is InChI=1S/C13H18ClNO2S/c1-17-13(16)12(7-4-8-18-2)15-11-6-3-5-10(14)9-11/h3,5-6,9,12,15H,4,7-8H2,1-2H3. The van der Waals surface area contributed by atoms with Crippen LogP contribution in [0.25, 0.3) is 0 Å². The molecule has 1 unspecified atom stereocenters. The van der Waals surface area contributed by atoms with E-state index in [1.54, 1.807) is 23.9 Å². The molecule has 1 aromatic rings. The van der Waals surface area contributed by atoms with Crippen LogP contribution in [0.3, 0.4) is 0 Å². The van der Waals surface area contributed by atoms with Crippen molar-refractivity contribution in [3.05, 3.63) is 29.3 Å². The fourth-order valence-corrected chi connectivity index (χ4v) is 2.25. The van der Waals surface area contributed by atoms with Gasteiger partial charge in [-0.3, -0.25) is 0 Å². The molecule has 1 atom stereocenters. The number of hydrogen-bond acceptors (Lipinski definition) is 4. The maximum Gasteiger partial charge on any atom is 0.328 e. The van der Waals surface area contributed by atoms with Gasteiger partial charge >= 0.3 is 5.97 Å². The van der Waals surface area contributed by atoms with E-state index in [0.29, 0.717) is 5.02 Å². The Bertz CT molecular complexity index is 387. The number of anilines is 1. The van der Waals surface area contributed by atoms with Crippen LogP contribution in [0.2, 0.25) is 5.02 Å². The molecule has 0 aliphatic carbocycles. The van der Waals surface area contributed by atoms with Crippen molar-refractivity contribution in [3.8, 4) is 0 Å². The molecule has 0 spiro atoms. The number of benzene rings is 1. The first-order valence-corrected chi connectivity index (χ1v) is 7.53. The first kappa shape index (κ1) is 15.2. The third-order valence-corrected chi connectivity index (χ3v) is 3.42. The molecule has 0 saturated carbocycles. The second-order valence-electron chi connectivity index (χ2n) is 3.87. The van der Waals surface area contributed by atoms with Crippen molar-refractivity contribution in [2.24, 2.45) is 0 Å². The van der Waals surface area contributed by atoms with Crippen molar-refractivity contribution in [3.63, 3.8) is 0 Å². The molecule has 3 nitrogen and oxygen atoms in total. The van der Waals surface area contributed by atoms with Crippen molar-refractivity contribution in [2.45, 2.75) is 18.9 Å². The van der Waals surface area contributed by atoms with Crippen LogP contribution in [-0.4, -0.2) is 31.1 Å². The number of methoxy groups -OCH3 is 1. The lowest BCUT2D eigenvalue weighted by Gasteiger charge is -2.17. The van der Waals surface area contributed by atoms with Gasteiger partial charge in [-0.1, -0.05) is 17.7 Å². The summed E-state index contributed by atoms with van der Waals surface area (Å²) in [7, 11) is 1.41. The van der Waals surface area contributed by atoms with Crippen LogP contribution in [0.1, 0.15) is 12.8 Å². The Hall–Kier alpha value is -0.870. The lowest BCUT2D eigenvalue weighted by Crippen LogP contribution is -2.30. The second kappa shape index (κ2) is 8.27. The number of hydrogen-bond donors (Lipinski definition) is 1. The van der Waals surface area contributed by atoms with Crippen LogP contribution in [0.15, 0.2) is 24.3 Å². The van der Waals surface area contributed by atoms with E-state index in [2.05, 4.69) is 11.6 Å². The molecule has 0 aromatic heterocycles. The fourth-order valence-electron chi connectivity index (χ4n) is 1.60. The summed E-state index contributed by atoms with van der Waals surface area (Å²) in [4.78, 5) is 11.7. The maximum absolute atomic E-state index is 11.7. The van der Waals surface area contributed by atoms with Gasteiger partial charge in [-0.25, -0.2) is 4.79 Å². The summed E-state index contributed by atoms with van der Waals surface area (Å²) in [5, 5.41) is 3.81. The minimum Gasteiger partial charge on any atom is -0.467 e. The molecule has 0 aliphatic rings. The van der Waals surface area contributed by atoms with E-state index in [1.165, 1.54) is 7.11 Å². The summed E-state index contributed by atoms with van der Waals surface area (Å²) in [6.45, 7) is 0. The highest BCUT2D eigenvalue weighted by molar-refractivity contribution is 7.98. The highest BCUT2D eigenvalue weighted by atomic mass is 35.5. The Balaban J connectivity index is 2.62. The number of halogens is 1. The minimum absolute atomic E-state index is 0.240. The Morgan fingerprint density at radius 1 is 1.56 bits per heavy atom. The number of rotatable bonds is 7. The average molecular weight is 288 g/mol. The summed E-state index contributed by atoms with van der Waals surface area (Å²) in [5.74, 6) is 0.793. The van der Waals surface area contributed by atoms with E-state index in [0.717, 1.165) is 24.3 Å². The maximum atomic E-state index is 11.7. The Kier molecular flexibility index (Phi) is 6.98. The summed E-state index contributed by atoms with van der Waals surface area (Å²) in [5.41, 5.74) is 0.835. The van der Waals surface area contributed by atoms with Crippen LogP contribution < -0.4 is 5.32 Å². The number of ether oxygens (including phenoxy) is 1. The van der Waals surface area contributed by atoms with Crippen LogP contribution in [-0.2, 0) is 9.53 Å². The number of carbonyl (C=O) groups excluding carboxylic acids is 1. The van der Waals surface area contributed by atoms with Crippen molar-refractivity contribution in [1.29, 1.82) is 0 Å². The van der Waals surface area contributed by atoms with E-state index in [1.807, 2.05) is 12.1 Å². The van der Waals surface area contributed by atoms with Crippen molar-refractivity contribution in [1.82, 2.24) is 0 Å². The molecule has 0 heterocycles. The van der Waals surface area contributed by atoms with Gasteiger partial charge in [-0.05, 0) is 43.0 Å². The lowest BCUT2D eigenvalue weighted by molar-refractivity contribution is -0.141. The molecule has 0 fully saturated rings. The average Bonchev–Trinajstić information content (AvgIpc) is 2.37. The highest BCUT2D eigenvalue weighted by Gasteiger charge is 2.18. The van der Waals surface area contributed by atoms with Gasteiger partial charge in [-0.15, -0.1) is 0 Å². The van der Waals surface area contributed by atoms with Gasteiger partial charge in [0, 0.05) is 10.7 Å². The van der Waals surface area contributed by atoms with Gasteiger partial charge in [0.05, 0.1) is 7.11 Å². The lowest BCUT2D eigenvalue weighted by atomic mass is 10.1. The van der Waals surface area contributed by atoms with Gasteiger partial charge in [0.15, 0.2) is 0 Å². The largest absolute Gasteiger partial charge is 0.467 e. The van der Waals surface area contributed by atoms with Gasteiger partial charge < -0.3 is 10.1 Å². The molecule has 0 bridgehead atoms. The molecule has 1 N–H and O–H groups in total. The topological polar surface area (TPSA) is 38.3 Å². The van der Waals surface area contributed by atoms with Gasteiger partial charge in [-0.2, -0.15) is 11.8 Å². The predicted octanol–water partition coefficient (Wildman–Crippen LogP) is 3.44. The van der Waals surface area contributed by atoms with Crippen LogP contribution in [0, 0.1) is 0 Å². The molecule has 1 aromatic carbocycles. The molecule has 100 valence electrons. The van der Waals surface area contributed by atoms with E-state index >= 15 is 0 Å². The van der Waals surface area contributed by atoms with Crippen LogP contribution >= 0.6 is 23.4 Å². The molecule has 0 amide bonds. The minimum atomic E-state index is -0.319. The summed E-state index contributed by atoms with van der Waals surface area (Å²) in [6.07, 6.45) is 3.77. The first-order chi connectivity index (χ1) is 8.67. The third-order valence-electron chi connectivity index (χ3n) is 2.49. The van der Waals surface area contributed by atoms with Crippen LogP contribution in [0.5, 0.6) is 0 Å². The SMILES string of the molecule is COC(=O)C(CCCSC)Nc1cccc(Cl)c1. The molecular formula is C13H18ClNO2S. The zero-order valence-electron chi connectivity index (χ0n) is 10.6. The highest BCUT2D eigenvalue weighted by Crippen LogP contribution is 2.17. The van der Waals surface area contributed by atoms with Crippen molar-refractivity contribution >= 4 is 35.0 Å². The molecular weight excluding hydrogens is 270 g/mol. The monoisotopic (exact) mass is 287 g/mol. The smallest absolute Gasteiger partial charge is 0.328 e. The molecule has 5 heteroatoms. The molecule has 18 heavy (non-hydrogen) atoms. The van der Waals surface area contributed by atoms with E-state index in [-0.39, 0.29) is 12.0 Å². The van der Waals surface area contributed by atoms with Crippen LogP contribution in [0.4, 0.5) is 5.69 Å². The second-order valence-corrected chi connectivity index (χ2v) is 5.29. The zero-order chi connectivity index (χ0) is 13.4. The Morgan fingerprint density at radius 2 is 2.33 bits per heavy atom. The number of thioether (sulfide) groups is 1. The van der Waals surface area contributed by atoms with Crippen molar-refractivity contribution in [2.75, 3.05) is 24.4 Å². The van der Waals surface area contributed by atoms with Gasteiger partial charge in [0.25, 0.3) is 0 Å². The molecule has 0 aliphatic heterocycles. The fraction of sp³-hybridized carbons (Fsp3) is 0.462. The van der Waals surface area contributed by atoms with Gasteiger partial charge in [0.1, 0.15) is 6.04 Å². The number of nitrogens with one attached hydrogen (secondary N) is 1. The van der Waals surface area contributed by atoms with E-state index < -0.39 is 0 Å². The molecule has 0 radical (unpaired) electrons. The number of carbonyl (C=O) groups is 1. The quantitative estimate of drug-likeness (QED) is 0.616. The first-order valence-electron chi connectivity index (χ1n) is 5.76. The summed E-state index contributed by atoms with van der Waals surface area (Å²) >= 11 is 7.68. The third kappa shape index (κ3) is 5.19. The summed E-state index contributed by atoms with van der Waals surface area (Å²) < 4.78 is 4.80. The zero-order valence-corrected chi connectivity index (χ0v) is 12.2. The Labute approximate surface area is 117 Å². The van der Waals surface area contributed by atoms with E-state index in [4.69, 9.17) is 16.3 Å². The molecule has 0 saturated heterocycles. The summed E-state index contributed by atoms with van der Waals surface area (Å²) in [6, 6.07) is 7.01. The van der Waals surface area contributed by atoms with Crippen molar-refractivity contribution < 1.29 is 9.53 Å². The Morgan fingerprint density at radius 3 is 2.94 bits per heavy atom. The predicted molar refractivity (Wildman–Crippen MR) is 78.5 cm³/mol. The number of esters is 1. The normalized spacial score (nSPS) is 11.9. The van der Waals surface area contributed by atoms with E-state index in [9.17, 15) is 4.79 Å². The van der Waals surface area contributed by atoms with Gasteiger partial charge in [0.2, 0.25) is 0 Å². The molecule has 1 rings (SSSR count).